The molecule has 0 amide bonds. The van der Waals surface area contributed by atoms with Gasteiger partial charge < -0.3 is 10.1 Å². The van der Waals surface area contributed by atoms with E-state index in [-0.39, 0.29) is 24.3 Å². The van der Waals surface area contributed by atoms with Gasteiger partial charge in [0.05, 0.1) is 13.0 Å². The highest BCUT2D eigenvalue weighted by atomic mass is 35.5. The van der Waals surface area contributed by atoms with Crippen molar-refractivity contribution in [2.24, 2.45) is 11.8 Å². The summed E-state index contributed by atoms with van der Waals surface area (Å²) in [7, 11) is 1.44. The second-order valence-corrected chi connectivity index (χ2v) is 2.77. The van der Waals surface area contributed by atoms with Crippen LogP contribution in [-0.2, 0) is 9.53 Å². The molecule has 0 aromatic carbocycles. The molecule has 1 heterocycles. The average Bonchev–Trinajstić information content (AvgIpc) is 2.34. The van der Waals surface area contributed by atoms with E-state index in [4.69, 9.17) is 0 Å². The standard InChI is InChI=1S/C7H13NO2.ClH/c1-5-3-8-4-6(5)7(9)10-2;/h5-6,8H,3-4H2,1-2H3;1H/t5-,6-;/m1./s1. The van der Waals surface area contributed by atoms with Crippen molar-refractivity contribution in [1.82, 2.24) is 5.32 Å². The summed E-state index contributed by atoms with van der Waals surface area (Å²) in [5.74, 6) is 0.412. The topological polar surface area (TPSA) is 38.3 Å². The normalized spacial score (nSPS) is 29.3. The lowest BCUT2D eigenvalue weighted by molar-refractivity contribution is -0.145. The van der Waals surface area contributed by atoms with Crippen molar-refractivity contribution in [3.63, 3.8) is 0 Å². The fraction of sp³-hybridized carbons (Fsp3) is 0.857. The zero-order valence-corrected chi connectivity index (χ0v) is 7.61. The van der Waals surface area contributed by atoms with Gasteiger partial charge in [0.15, 0.2) is 0 Å². The van der Waals surface area contributed by atoms with E-state index in [0.717, 1.165) is 13.1 Å². The molecule has 0 aliphatic carbocycles. The molecule has 0 saturated carbocycles. The lowest BCUT2D eigenvalue weighted by Gasteiger charge is -2.09. The highest BCUT2D eigenvalue weighted by Gasteiger charge is 2.29. The van der Waals surface area contributed by atoms with Crippen LogP contribution in [0.5, 0.6) is 0 Å². The number of esters is 1. The van der Waals surface area contributed by atoms with Crippen LogP contribution in [0.4, 0.5) is 0 Å². The van der Waals surface area contributed by atoms with Gasteiger partial charge in [0.25, 0.3) is 0 Å². The lowest BCUT2D eigenvalue weighted by Crippen LogP contribution is -2.22. The average molecular weight is 180 g/mol. The lowest BCUT2D eigenvalue weighted by atomic mass is 9.99. The molecule has 0 radical (unpaired) electrons. The van der Waals surface area contributed by atoms with Gasteiger partial charge in [0.1, 0.15) is 0 Å². The summed E-state index contributed by atoms with van der Waals surface area (Å²) in [4.78, 5) is 11.0. The minimum absolute atomic E-state index is 0. The third-order valence-electron chi connectivity index (χ3n) is 2.02. The van der Waals surface area contributed by atoms with Crippen LogP contribution in [0.15, 0.2) is 0 Å². The van der Waals surface area contributed by atoms with Crippen LogP contribution in [0.2, 0.25) is 0 Å². The first kappa shape index (κ1) is 10.7. The van der Waals surface area contributed by atoms with Crippen LogP contribution >= 0.6 is 12.4 Å². The van der Waals surface area contributed by atoms with Crippen LogP contribution in [0, 0.1) is 11.8 Å². The van der Waals surface area contributed by atoms with Gasteiger partial charge in [-0.05, 0) is 12.5 Å². The smallest absolute Gasteiger partial charge is 0.310 e. The molecular weight excluding hydrogens is 166 g/mol. The van der Waals surface area contributed by atoms with E-state index >= 15 is 0 Å². The fourth-order valence-corrected chi connectivity index (χ4v) is 1.28. The molecule has 0 aromatic heterocycles. The van der Waals surface area contributed by atoms with Gasteiger partial charge in [-0.25, -0.2) is 0 Å². The van der Waals surface area contributed by atoms with Gasteiger partial charge in [-0.3, -0.25) is 4.79 Å². The first-order valence-electron chi connectivity index (χ1n) is 3.54. The van der Waals surface area contributed by atoms with E-state index in [1.807, 2.05) is 0 Å². The predicted molar refractivity (Wildman–Crippen MR) is 44.8 cm³/mol. The summed E-state index contributed by atoms with van der Waals surface area (Å²) < 4.78 is 4.63. The second-order valence-electron chi connectivity index (χ2n) is 2.77. The zero-order valence-electron chi connectivity index (χ0n) is 6.79. The minimum Gasteiger partial charge on any atom is -0.469 e. The van der Waals surface area contributed by atoms with Gasteiger partial charge in [-0.15, -0.1) is 12.4 Å². The quantitative estimate of drug-likeness (QED) is 0.594. The number of nitrogens with one attached hydrogen (secondary N) is 1. The molecule has 1 fully saturated rings. The van der Waals surface area contributed by atoms with Crippen molar-refractivity contribution in [2.75, 3.05) is 20.2 Å². The number of hydrogen-bond acceptors (Lipinski definition) is 3. The largest absolute Gasteiger partial charge is 0.469 e. The molecule has 0 aromatic rings. The third kappa shape index (κ3) is 2.34. The first-order chi connectivity index (χ1) is 4.75. The summed E-state index contributed by atoms with van der Waals surface area (Å²) in [6.07, 6.45) is 0. The molecule has 1 N–H and O–H groups in total. The van der Waals surface area contributed by atoms with Crippen LogP contribution in [0.3, 0.4) is 0 Å². The Kier molecular flexibility index (Phi) is 4.45. The van der Waals surface area contributed by atoms with Crippen molar-refractivity contribution in [2.45, 2.75) is 6.92 Å². The summed E-state index contributed by atoms with van der Waals surface area (Å²) in [5.41, 5.74) is 0. The molecule has 3 nitrogen and oxygen atoms in total. The number of hydrogen-bond donors (Lipinski definition) is 1. The van der Waals surface area contributed by atoms with Gasteiger partial charge >= 0.3 is 5.97 Å². The monoisotopic (exact) mass is 179 g/mol. The molecule has 1 saturated heterocycles. The van der Waals surface area contributed by atoms with Crippen LogP contribution in [0.1, 0.15) is 6.92 Å². The van der Waals surface area contributed by atoms with E-state index < -0.39 is 0 Å². The van der Waals surface area contributed by atoms with E-state index in [9.17, 15) is 4.79 Å². The maximum Gasteiger partial charge on any atom is 0.310 e. The number of ether oxygens (including phenoxy) is 1. The number of carbonyl (C=O) groups excluding carboxylic acids is 1. The van der Waals surface area contributed by atoms with E-state index in [1.54, 1.807) is 0 Å². The van der Waals surface area contributed by atoms with E-state index in [1.165, 1.54) is 7.11 Å². The highest BCUT2D eigenvalue weighted by Crippen LogP contribution is 2.16. The van der Waals surface area contributed by atoms with Crippen LogP contribution in [-0.4, -0.2) is 26.2 Å². The number of methoxy groups -OCH3 is 1. The summed E-state index contributed by atoms with van der Waals surface area (Å²) >= 11 is 0. The molecule has 1 aliphatic heterocycles. The Labute approximate surface area is 72.9 Å². The molecule has 2 atom stereocenters. The van der Waals surface area contributed by atoms with Gasteiger partial charge in [0, 0.05) is 6.54 Å². The van der Waals surface area contributed by atoms with Crippen molar-refractivity contribution in [3.05, 3.63) is 0 Å². The summed E-state index contributed by atoms with van der Waals surface area (Å²) in [6.45, 7) is 3.76. The molecule has 0 unspecified atom stereocenters. The predicted octanol–water partition coefficient (Wildman–Crippen LogP) is 0.437. The van der Waals surface area contributed by atoms with Crippen molar-refractivity contribution < 1.29 is 9.53 Å². The molecular formula is C7H14ClNO2. The zero-order chi connectivity index (χ0) is 7.56. The third-order valence-corrected chi connectivity index (χ3v) is 2.02. The highest BCUT2D eigenvalue weighted by molar-refractivity contribution is 5.85. The second kappa shape index (κ2) is 4.57. The Morgan fingerprint density at radius 1 is 1.55 bits per heavy atom. The number of halogens is 1. The summed E-state index contributed by atoms with van der Waals surface area (Å²) in [6, 6.07) is 0. The molecule has 11 heavy (non-hydrogen) atoms. The maximum absolute atomic E-state index is 11.0. The van der Waals surface area contributed by atoms with Crippen molar-refractivity contribution in [3.8, 4) is 0 Å². The number of rotatable bonds is 1. The van der Waals surface area contributed by atoms with E-state index in [0.29, 0.717) is 5.92 Å². The van der Waals surface area contributed by atoms with Gasteiger partial charge in [-0.2, -0.15) is 0 Å². The molecule has 0 spiro atoms. The van der Waals surface area contributed by atoms with Crippen molar-refractivity contribution >= 4 is 18.4 Å². The Morgan fingerprint density at radius 3 is 2.55 bits per heavy atom. The Morgan fingerprint density at radius 2 is 2.18 bits per heavy atom. The fourth-order valence-electron chi connectivity index (χ4n) is 1.28. The van der Waals surface area contributed by atoms with Gasteiger partial charge in [-0.1, -0.05) is 6.92 Å². The molecule has 0 bridgehead atoms. The summed E-state index contributed by atoms with van der Waals surface area (Å²) in [5, 5.41) is 3.14. The Balaban J connectivity index is 0.000001000. The van der Waals surface area contributed by atoms with Crippen LogP contribution < -0.4 is 5.32 Å². The van der Waals surface area contributed by atoms with E-state index in [2.05, 4.69) is 17.0 Å². The van der Waals surface area contributed by atoms with Gasteiger partial charge in [0.2, 0.25) is 0 Å². The number of carbonyl (C=O) groups is 1. The van der Waals surface area contributed by atoms with Crippen LogP contribution in [0.25, 0.3) is 0 Å². The van der Waals surface area contributed by atoms with Crippen molar-refractivity contribution in [1.29, 1.82) is 0 Å². The minimum atomic E-state index is -0.0856. The Bertz CT molecular complexity index is 140. The first-order valence-corrected chi connectivity index (χ1v) is 3.54. The molecule has 1 rings (SSSR count). The Hall–Kier alpha value is -0.280. The maximum atomic E-state index is 11.0. The molecule has 1 aliphatic rings. The molecule has 66 valence electrons. The SMILES string of the molecule is COC(=O)[C@@H]1CNC[C@H]1C.Cl. The molecule has 4 heteroatoms.